The smallest absolute Gasteiger partial charge is 0.258 e. The number of carbonyl (C=O) groups is 1. The molecule has 1 N–H and O–H groups in total. The summed E-state index contributed by atoms with van der Waals surface area (Å²) in [5.41, 5.74) is 2.35. The van der Waals surface area contributed by atoms with Gasteiger partial charge in [0.05, 0.1) is 16.6 Å². The third kappa shape index (κ3) is 3.23. The van der Waals surface area contributed by atoms with E-state index in [2.05, 4.69) is 27.5 Å². The Kier molecular flexibility index (Phi) is 4.10. The summed E-state index contributed by atoms with van der Waals surface area (Å²) in [5.74, 6) is 0.125. The van der Waals surface area contributed by atoms with E-state index in [1.54, 1.807) is 19.2 Å². The minimum Gasteiger partial charge on any atom is -0.352 e. The molecule has 0 aromatic carbocycles. The molecule has 7 nitrogen and oxygen atoms in total. The molecule has 0 radical (unpaired) electrons. The lowest BCUT2D eigenvalue weighted by Crippen LogP contribution is -2.30. The predicted molar refractivity (Wildman–Crippen MR) is 85.0 cm³/mol. The van der Waals surface area contributed by atoms with Gasteiger partial charge in [0.15, 0.2) is 0 Å². The first-order chi connectivity index (χ1) is 11.0. The zero-order valence-electron chi connectivity index (χ0n) is 13.4. The van der Waals surface area contributed by atoms with E-state index in [0.717, 1.165) is 12.2 Å². The van der Waals surface area contributed by atoms with Crippen molar-refractivity contribution in [1.29, 1.82) is 0 Å². The van der Waals surface area contributed by atoms with Crippen molar-refractivity contribution in [1.82, 2.24) is 25.2 Å². The second kappa shape index (κ2) is 6.20. The summed E-state index contributed by atoms with van der Waals surface area (Å²) >= 11 is 0. The van der Waals surface area contributed by atoms with E-state index in [-0.39, 0.29) is 11.8 Å². The van der Waals surface area contributed by atoms with Crippen LogP contribution in [-0.4, -0.2) is 32.4 Å². The Morgan fingerprint density at radius 3 is 3.00 bits per heavy atom. The van der Waals surface area contributed by atoms with E-state index < -0.39 is 0 Å². The fourth-order valence-corrected chi connectivity index (χ4v) is 2.55. The Morgan fingerprint density at radius 1 is 1.43 bits per heavy atom. The van der Waals surface area contributed by atoms with Gasteiger partial charge in [-0.3, -0.25) is 9.48 Å². The summed E-state index contributed by atoms with van der Waals surface area (Å²) in [4.78, 5) is 16.8. The van der Waals surface area contributed by atoms with Crippen LogP contribution in [0.15, 0.2) is 29.0 Å². The highest BCUT2D eigenvalue weighted by Crippen LogP contribution is 2.21. The molecule has 0 unspecified atom stereocenters. The molecule has 3 rings (SSSR count). The molecular weight excluding hydrogens is 294 g/mol. The molecule has 0 saturated heterocycles. The number of hydrogen-bond acceptors (Lipinski definition) is 5. The van der Waals surface area contributed by atoms with Crippen LogP contribution in [-0.2, 0) is 6.54 Å². The lowest BCUT2D eigenvalue weighted by molar-refractivity contribution is 0.0948. The maximum atomic E-state index is 12.5. The van der Waals surface area contributed by atoms with Crippen LogP contribution in [0.2, 0.25) is 0 Å². The molecule has 3 aromatic rings. The van der Waals surface area contributed by atoms with E-state index in [0.29, 0.717) is 28.9 Å². The van der Waals surface area contributed by atoms with Gasteiger partial charge in [0.25, 0.3) is 11.6 Å². The molecule has 120 valence electrons. The Labute approximate surface area is 133 Å². The molecule has 7 heteroatoms. The lowest BCUT2D eigenvalue weighted by atomic mass is 10.1. The SMILES string of the molecule is Cc1cc(C(=O)NC[C@H](C)Cn2cccn2)c2c(C)noc2n1. The third-order valence-electron chi connectivity index (χ3n) is 3.66. The lowest BCUT2D eigenvalue weighted by Gasteiger charge is -2.13. The number of amides is 1. The summed E-state index contributed by atoms with van der Waals surface area (Å²) in [7, 11) is 0. The highest BCUT2D eigenvalue weighted by Gasteiger charge is 2.18. The summed E-state index contributed by atoms with van der Waals surface area (Å²) in [6.07, 6.45) is 3.66. The molecule has 0 aliphatic heterocycles. The van der Waals surface area contributed by atoms with E-state index in [9.17, 15) is 4.79 Å². The zero-order valence-corrected chi connectivity index (χ0v) is 13.4. The van der Waals surface area contributed by atoms with E-state index in [1.165, 1.54) is 0 Å². The standard InChI is InChI=1S/C16H19N5O2/c1-10(9-21-6-4-5-18-21)8-17-15(22)13-7-11(2)19-16-14(13)12(3)20-23-16/h4-7,10H,8-9H2,1-3H3,(H,17,22)/t10-/m0/s1. The maximum Gasteiger partial charge on any atom is 0.258 e. The average molecular weight is 313 g/mol. The third-order valence-corrected chi connectivity index (χ3v) is 3.66. The van der Waals surface area contributed by atoms with Crippen LogP contribution in [0.25, 0.3) is 11.1 Å². The van der Waals surface area contributed by atoms with Crippen molar-refractivity contribution in [3.63, 3.8) is 0 Å². The molecule has 0 saturated carbocycles. The minimum atomic E-state index is -0.140. The van der Waals surface area contributed by atoms with Crippen LogP contribution in [0.4, 0.5) is 0 Å². The Hall–Kier alpha value is -2.70. The molecule has 1 amide bonds. The maximum absolute atomic E-state index is 12.5. The second-order valence-corrected chi connectivity index (χ2v) is 5.80. The first-order valence-corrected chi connectivity index (χ1v) is 7.54. The largest absolute Gasteiger partial charge is 0.352 e. The summed E-state index contributed by atoms with van der Waals surface area (Å²) < 4.78 is 7.02. The molecule has 0 spiro atoms. The van der Waals surface area contributed by atoms with Crippen molar-refractivity contribution in [3.8, 4) is 0 Å². The van der Waals surface area contributed by atoms with Crippen molar-refractivity contribution >= 4 is 17.0 Å². The number of fused-ring (bicyclic) bond motifs is 1. The van der Waals surface area contributed by atoms with Gasteiger partial charge in [0.1, 0.15) is 0 Å². The van der Waals surface area contributed by atoms with Crippen molar-refractivity contribution in [2.45, 2.75) is 27.3 Å². The van der Waals surface area contributed by atoms with Gasteiger partial charge in [0, 0.05) is 31.2 Å². The molecule has 0 bridgehead atoms. The van der Waals surface area contributed by atoms with E-state index in [4.69, 9.17) is 4.52 Å². The topological polar surface area (TPSA) is 85.8 Å². The molecule has 0 fully saturated rings. The van der Waals surface area contributed by atoms with Crippen LogP contribution >= 0.6 is 0 Å². The number of carbonyl (C=O) groups excluding carboxylic acids is 1. The first-order valence-electron chi connectivity index (χ1n) is 7.54. The second-order valence-electron chi connectivity index (χ2n) is 5.80. The normalized spacial score (nSPS) is 12.5. The van der Waals surface area contributed by atoms with Crippen LogP contribution in [0, 0.1) is 19.8 Å². The minimum absolute atomic E-state index is 0.140. The van der Waals surface area contributed by atoms with Crippen LogP contribution in [0.3, 0.4) is 0 Å². The van der Waals surface area contributed by atoms with Crippen LogP contribution in [0.5, 0.6) is 0 Å². The Balaban J connectivity index is 1.72. The molecule has 0 aliphatic carbocycles. The fourth-order valence-electron chi connectivity index (χ4n) is 2.55. The van der Waals surface area contributed by atoms with Gasteiger partial charge in [-0.1, -0.05) is 12.1 Å². The quantitative estimate of drug-likeness (QED) is 0.779. The Morgan fingerprint density at radius 2 is 2.26 bits per heavy atom. The van der Waals surface area contributed by atoms with Gasteiger partial charge >= 0.3 is 0 Å². The van der Waals surface area contributed by atoms with Crippen LogP contribution < -0.4 is 5.32 Å². The van der Waals surface area contributed by atoms with Gasteiger partial charge in [-0.15, -0.1) is 0 Å². The van der Waals surface area contributed by atoms with E-state index in [1.807, 2.05) is 23.9 Å². The molecule has 23 heavy (non-hydrogen) atoms. The van der Waals surface area contributed by atoms with Crippen molar-refractivity contribution in [2.24, 2.45) is 5.92 Å². The van der Waals surface area contributed by atoms with Crippen molar-refractivity contribution < 1.29 is 9.32 Å². The number of hydrogen-bond donors (Lipinski definition) is 1. The monoisotopic (exact) mass is 313 g/mol. The number of rotatable bonds is 5. The molecule has 3 heterocycles. The van der Waals surface area contributed by atoms with Gasteiger partial charge < -0.3 is 9.84 Å². The zero-order chi connectivity index (χ0) is 16.4. The first kappa shape index (κ1) is 15.2. The summed E-state index contributed by atoms with van der Waals surface area (Å²) in [5, 5.41) is 11.7. The Bertz CT molecular complexity index is 822. The van der Waals surface area contributed by atoms with Gasteiger partial charge in [-0.25, -0.2) is 4.98 Å². The van der Waals surface area contributed by atoms with Crippen molar-refractivity contribution in [3.05, 3.63) is 41.5 Å². The highest BCUT2D eigenvalue weighted by atomic mass is 16.5. The molecule has 1 atom stereocenters. The van der Waals surface area contributed by atoms with Crippen LogP contribution in [0.1, 0.15) is 28.7 Å². The average Bonchev–Trinajstić information content (AvgIpc) is 3.14. The number of aromatic nitrogens is 4. The number of nitrogens with zero attached hydrogens (tertiary/aromatic N) is 4. The molecule has 0 aliphatic rings. The van der Waals surface area contributed by atoms with Gasteiger partial charge in [-0.2, -0.15) is 5.10 Å². The predicted octanol–water partition coefficient (Wildman–Crippen LogP) is 2.10. The number of aryl methyl sites for hydroxylation is 2. The summed E-state index contributed by atoms with van der Waals surface area (Å²) in [6, 6.07) is 3.65. The summed E-state index contributed by atoms with van der Waals surface area (Å²) in [6.45, 7) is 7.02. The molecule has 3 aromatic heterocycles. The highest BCUT2D eigenvalue weighted by molar-refractivity contribution is 6.06. The number of pyridine rings is 1. The van der Waals surface area contributed by atoms with Gasteiger partial charge in [-0.05, 0) is 31.9 Å². The van der Waals surface area contributed by atoms with E-state index >= 15 is 0 Å². The van der Waals surface area contributed by atoms with Crippen molar-refractivity contribution in [2.75, 3.05) is 6.54 Å². The van der Waals surface area contributed by atoms with Gasteiger partial charge in [0.2, 0.25) is 0 Å². The fraction of sp³-hybridized carbons (Fsp3) is 0.375. The molecular formula is C16H19N5O2. The number of nitrogens with one attached hydrogen (secondary N) is 1.